The van der Waals surface area contributed by atoms with Crippen molar-refractivity contribution in [2.45, 2.75) is 25.2 Å². The fraction of sp³-hybridized carbons (Fsp3) is 0.368. The monoisotopic (exact) mass is 263 g/mol. The largest absolute Gasteiger partial charge is 0.302 e. The molecule has 0 N–H and O–H groups in total. The van der Waals surface area contributed by atoms with Crippen molar-refractivity contribution in [3.8, 4) is 11.1 Å². The minimum atomic E-state index is 0.570. The van der Waals surface area contributed by atoms with Crippen molar-refractivity contribution in [3.05, 3.63) is 59.7 Å². The van der Waals surface area contributed by atoms with E-state index in [2.05, 4.69) is 53.4 Å². The van der Waals surface area contributed by atoms with Crippen LogP contribution in [0.2, 0.25) is 0 Å². The lowest BCUT2D eigenvalue weighted by Crippen LogP contribution is -2.33. The summed E-state index contributed by atoms with van der Waals surface area (Å²) in [4.78, 5) is 2.66. The molecule has 0 saturated carbocycles. The number of piperidine rings is 1. The molecule has 2 aliphatic rings. The average molecular weight is 263 g/mol. The van der Waals surface area contributed by atoms with Gasteiger partial charge in [0.25, 0.3) is 0 Å². The van der Waals surface area contributed by atoms with E-state index in [9.17, 15) is 0 Å². The highest BCUT2D eigenvalue weighted by molar-refractivity contribution is 5.78. The Balaban J connectivity index is 1.71. The van der Waals surface area contributed by atoms with Gasteiger partial charge in [-0.25, -0.2) is 0 Å². The highest BCUT2D eigenvalue weighted by Crippen LogP contribution is 2.44. The van der Waals surface area contributed by atoms with E-state index in [-0.39, 0.29) is 0 Å². The Kier molecular flexibility index (Phi) is 3.08. The first-order valence-electron chi connectivity index (χ1n) is 7.84. The van der Waals surface area contributed by atoms with E-state index in [0.717, 1.165) is 0 Å². The summed E-state index contributed by atoms with van der Waals surface area (Å²) in [5.74, 6) is 0.570. The van der Waals surface area contributed by atoms with Gasteiger partial charge in [-0.2, -0.15) is 0 Å². The molecular weight excluding hydrogens is 242 g/mol. The third-order valence-corrected chi connectivity index (χ3v) is 4.85. The fourth-order valence-electron chi connectivity index (χ4n) is 3.86. The highest BCUT2D eigenvalue weighted by Gasteiger charge is 2.29. The second-order valence-corrected chi connectivity index (χ2v) is 6.09. The molecule has 0 aromatic heterocycles. The molecule has 4 rings (SSSR count). The van der Waals surface area contributed by atoms with Gasteiger partial charge in [0.1, 0.15) is 0 Å². The molecule has 1 heterocycles. The predicted molar refractivity (Wildman–Crippen MR) is 84.0 cm³/mol. The van der Waals surface area contributed by atoms with Gasteiger partial charge in [0.05, 0.1) is 0 Å². The Labute approximate surface area is 121 Å². The molecule has 20 heavy (non-hydrogen) atoms. The molecule has 0 radical (unpaired) electrons. The van der Waals surface area contributed by atoms with Gasteiger partial charge in [-0.15, -0.1) is 0 Å². The third-order valence-electron chi connectivity index (χ3n) is 4.85. The van der Waals surface area contributed by atoms with E-state index in [1.807, 2.05) is 0 Å². The standard InChI is InChI=1S/C19H21N/c1-6-12-20(13-7-1)14-19-17-10-4-2-8-15(17)16-9-3-5-11-18(16)19/h2-5,8-11,19H,1,6-7,12-14H2. The summed E-state index contributed by atoms with van der Waals surface area (Å²) in [6.07, 6.45) is 4.15. The molecule has 1 saturated heterocycles. The molecule has 0 amide bonds. The molecule has 2 aromatic carbocycles. The van der Waals surface area contributed by atoms with E-state index >= 15 is 0 Å². The number of hydrogen-bond donors (Lipinski definition) is 0. The molecule has 1 heteroatoms. The van der Waals surface area contributed by atoms with Crippen molar-refractivity contribution in [1.29, 1.82) is 0 Å². The second kappa shape index (κ2) is 5.06. The van der Waals surface area contributed by atoms with Gasteiger partial charge in [-0.3, -0.25) is 0 Å². The van der Waals surface area contributed by atoms with Gasteiger partial charge in [-0.1, -0.05) is 55.0 Å². The SMILES string of the molecule is c1ccc2c(c1)-c1ccccc1C2CN1CCCCC1. The lowest BCUT2D eigenvalue weighted by atomic mass is 9.95. The Bertz CT molecular complexity index is 565. The lowest BCUT2D eigenvalue weighted by molar-refractivity contribution is 0.223. The zero-order valence-corrected chi connectivity index (χ0v) is 11.9. The van der Waals surface area contributed by atoms with Gasteiger partial charge in [-0.05, 0) is 48.2 Å². The molecule has 0 spiro atoms. The van der Waals surface area contributed by atoms with Crippen LogP contribution in [0.5, 0.6) is 0 Å². The molecule has 102 valence electrons. The molecule has 2 aromatic rings. The summed E-state index contributed by atoms with van der Waals surface area (Å²) in [6.45, 7) is 3.75. The topological polar surface area (TPSA) is 3.24 Å². The first-order valence-corrected chi connectivity index (χ1v) is 7.84. The number of rotatable bonds is 2. The summed E-state index contributed by atoms with van der Waals surface area (Å²) in [7, 11) is 0. The number of fused-ring (bicyclic) bond motifs is 3. The lowest BCUT2D eigenvalue weighted by Gasteiger charge is -2.29. The van der Waals surface area contributed by atoms with Crippen molar-refractivity contribution in [3.63, 3.8) is 0 Å². The van der Waals surface area contributed by atoms with E-state index in [1.165, 1.54) is 61.2 Å². The minimum Gasteiger partial charge on any atom is -0.302 e. The van der Waals surface area contributed by atoms with Crippen LogP contribution in [-0.4, -0.2) is 24.5 Å². The number of benzene rings is 2. The third kappa shape index (κ3) is 1.97. The van der Waals surface area contributed by atoms with Crippen molar-refractivity contribution in [2.75, 3.05) is 19.6 Å². The smallest absolute Gasteiger partial charge is 0.0229 e. The van der Waals surface area contributed by atoms with Crippen LogP contribution in [0.15, 0.2) is 48.5 Å². The molecule has 1 aliphatic carbocycles. The first kappa shape index (κ1) is 12.2. The summed E-state index contributed by atoms with van der Waals surface area (Å²) in [5.41, 5.74) is 5.95. The summed E-state index contributed by atoms with van der Waals surface area (Å²) < 4.78 is 0. The van der Waals surface area contributed by atoms with Crippen LogP contribution in [0.25, 0.3) is 11.1 Å². The number of hydrogen-bond acceptors (Lipinski definition) is 1. The molecule has 1 fully saturated rings. The molecular formula is C19H21N. The fourth-order valence-corrected chi connectivity index (χ4v) is 3.86. The Morgan fingerprint density at radius 1 is 0.750 bits per heavy atom. The van der Waals surface area contributed by atoms with Crippen molar-refractivity contribution < 1.29 is 0 Å². The first-order chi connectivity index (χ1) is 9.93. The van der Waals surface area contributed by atoms with Crippen LogP contribution in [0.4, 0.5) is 0 Å². The maximum atomic E-state index is 2.66. The summed E-state index contributed by atoms with van der Waals surface area (Å²) >= 11 is 0. The van der Waals surface area contributed by atoms with Crippen molar-refractivity contribution >= 4 is 0 Å². The van der Waals surface area contributed by atoms with Crippen molar-refractivity contribution in [1.82, 2.24) is 4.90 Å². The highest BCUT2D eigenvalue weighted by atomic mass is 15.1. The summed E-state index contributed by atoms with van der Waals surface area (Å²) in [5, 5.41) is 0. The zero-order valence-electron chi connectivity index (χ0n) is 11.9. The molecule has 1 nitrogen and oxygen atoms in total. The molecule has 0 unspecified atom stereocenters. The maximum absolute atomic E-state index is 2.66. The molecule has 0 bridgehead atoms. The minimum absolute atomic E-state index is 0.570. The van der Waals surface area contributed by atoms with E-state index in [4.69, 9.17) is 0 Å². The number of nitrogens with zero attached hydrogens (tertiary/aromatic N) is 1. The Morgan fingerprint density at radius 2 is 1.30 bits per heavy atom. The Hall–Kier alpha value is -1.60. The average Bonchev–Trinajstić information content (AvgIpc) is 2.84. The van der Waals surface area contributed by atoms with Gasteiger partial charge in [0, 0.05) is 12.5 Å². The summed E-state index contributed by atoms with van der Waals surface area (Å²) in [6, 6.07) is 17.9. The normalized spacial score (nSPS) is 18.8. The van der Waals surface area contributed by atoms with E-state index in [1.54, 1.807) is 0 Å². The van der Waals surface area contributed by atoms with Crippen LogP contribution in [0.1, 0.15) is 36.3 Å². The van der Waals surface area contributed by atoms with Crippen LogP contribution < -0.4 is 0 Å². The van der Waals surface area contributed by atoms with Gasteiger partial charge in [0.15, 0.2) is 0 Å². The second-order valence-electron chi connectivity index (χ2n) is 6.09. The zero-order chi connectivity index (χ0) is 13.4. The predicted octanol–water partition coefficient (Wildman–Crippen LogP) is 4.28. The van der Waals surface area contributed by atoms with Gasteiger partial charge >= 0.3 is 0 Å². The van der Waals surface area contributed by atoms with Crippen LogP contribution in [-0.2, 0) is 0 Å². The van der Waals surface area contributed by atoms with Gasteiger partial charge in [0.2, 0.25) is 0 Å². The van der Waals surface area contributed by atoms with Gasteiger partial charge < -0.3 is 4.90 Å². The van der Waals surface area contributed by atoms with Crippen LogP contribution in [0.3, 0.4) is 0 Å². The van der Waals surface area contributed by atoms with E-state index < -0.39 is 0 Å². The van der Waals surface area contributed by atoms with Crippen LogP contribution >= 0.6 is 0 Å². The number of likely N-dealkylation sites (tertiary alicyclic amines) is 1. The maximum Gasteiger partial charge on any atom is 0.0229 e. The quantitative estimate of drug-likeness (QED) is 0.781. The molecule has 0 atom stereocenters. The van der Waals surface area contributed by atoms with Crippen molar-refractivity contribution in [2.24, 2.45) is 0 Å². The van der Waals surface area contributed by atoms with E-state index in [0.29, 0.717) is 5.92 Å². The Morgan fingerprint density at radius 3 is 1.90 bits per heavy atom. The van der Waals surface area contributed by atoms with Crippen LogP contribution in [0, 0.1) is 0 Å². The molecule has 1 aliphatic heterocycles.